The molecule has 12 fully saturated rings. The minimum atomic E-state index is -3.37. The van der Waals surface area contributed by atoms with Crippen LogP contribution in [-0.4, -0.2) is 31.8 Å². The molecule has 0 radical (unpaired) electrons. The number of rotatable bonds is 5. The molecule has 1 spiro atoms. The van der Waals surface area contributed by atoms with E-state index in [-0.39, 0.29) is 7.92 Å². The molecule has 0 aromatic heterocycles. The Morgan fingerprint density at radius 3 is 1.41 bits per heavy atom. The Bertz CT molecular complexity index is 1380. The van der Waals surface area contributed by atoms with Gasteiger partial charge in [-0.3, -0.25) is 0 Å². The summed E-state index contributed by atoms with van der Waals surface area (Å²) in [5.41, 5.74) is 2.50. The van der Waals surface area contributed by atoms with Gasteiger partial charge in [0.15, 0.2) is 0 Å². The maximum atomic E-state index is 2.67. The van der Waals surface area contributed by atoms with Crippen molar-refractivity contribution in [3.05, 3.63) is 0 Å². The summed E-state index contributed by atoms with van der Waals surface area (Å²) in [4.78, 5) is 12.1. The summed E-state index contributed by atoms with van der Waals surface area (Å²) in [6.45, 7) is 12.7. The molecule has 10 aliphatic heterocycles. The Kier molecular flexibility index (Phi) is 1.59. The van der Waals surface area contributed by atoms with Crippen LogP contribution in [0.4, 0.5) is 0 Å². The Labute approximate surface area is 202 Å². The monoisotopic (exact) mass is 540 g/mol. The molecule has 10 saturated heterocycles. The standard InChI is InChI=1S/C26H45P2.C5H5.Fe/c1-25(2,3)27(26(4,5)6)20-21-14-13-19-24(21)28(22-15-9-7-10-16-22)23-17-11-8-12-18-23;1-2-4-5-3-1;/h13-14,19,22-23H,7-12,15-18,20H2,1-6H3;1-5H;. The van der Waals surface area contributed by atoms with E-state index in [1.807, 2.05) is 6.16 Å². The molecule has 2 saturated carbocycles. The summed E-state index contributed by atoms with van der Waals surface area (Å²) in [6.07, 6.45) is 18.2. The zero-order chi connectivity index (χ0) is 23.0. The van der Waals surface area contributed by atoms with Crippen molar-refractivity contribution >= 4 is 15.8 Å². The van der Waals surface area contributed by atoms with Gasteiger partial charge in [-0.1, -0.05) is 0 Å². The average molecular weight is 541 g/mol. The normalized spacial score (nSPS) is 75.8. The molecule has 2 aliphatic carbocycles. The van der Waals surface area contributed by atoms with E-state index in [0.29, 0.717) is 18.2 Å². The van der Waals surface area contributed by atoms with Gasteiger partial charge in [0.25, 0.3) is 0 Å². The molecular weight excluding hydrogens is 490 g/mol. The van der Waals surface area contributed by atoms with Gasteiger partial charge >= 0.3 is 203 Å². The van der Waals surface area contributed by atoms with Crippen molar-refractivity contribution in [1.82, 2.24) is 0 Å². The predicted molar refractivity (Wildman–Crippen MR) is 147 cm³/mol. The summed E-state index contributed by atoms with van der Waals surface area (Å²) in [5, 5.41) is 1.10. The van der Waals surface area contributed by atoms with Gasteiger partial charge in [-0.05, 0) is 0 Å². The van der Waals surface area contributed by atoms with E-state index < -0.39 is 6.51 Å². The van der Waals surface area contributed by atoms with E-state index in [9.17, 15) is 0 Å². The van der Waals surface area contributed by atoms with Crippen LogP contribution in [-0.2, 0) is 6.51 Å². The molecule has 0 aromatic carbocycles. The van der Waals surface area contributed by atoms with Gasteiger partial charge in [-0.2, -0.15) is 0 Å². The summed E-state index contributed by atoms with van der Waals surface area (Å²) >= 11 is 0. The third-order valence-electron chi connectivity index (χ3n) is 21.4. The van der Waals surface area contributed by atoms with Crippen molar-refractivity contribution in [3.63, 3.8) is 0 Å². The molecule has 34 heavy (non-hydrogen) atoms. The van der Waals surface area contributed by atoms with Crippen molar-refractivity contribution in [2.75, 3.05) is 6.16 Å². The first kappa shape index (κ1) is 19.4. The van der Waals surface area contributed by atoms with Crippen LogP contribution in [0.1, 0.15) is 106 Å². The van der Waals surface area contributed by atoms with E-state index in [4.69, 9.17) is 0 Å². The number of hydrogen-bond acceptors (Lipinski definition) is 0. The molecule has 0 nitrogen and oxygen atoms in total. The SMILES string of the molecule is CC(C)(C)P(C[C@]12[CH]3[CH]4[CH]5[C]1(P(C1CCCCC1)C1CCCCC1)[Fe]45321678[CH]2[CH]1[CH]6[CH]7[CH]28)C(C)(C)C. The molecule has 4 unspecified atom stereocenters. The third kappa shape index (κ3) is 0.461. The van der Waals surface area contributed by atoms with Crippen LogP contribution >= 0.6 is 15.8 Å². The Hall–Kier alpha value is 1.38. The van der Waals surface area contributed by atoms with Crippen LogP contribution in [0.15, 0.2) is 0 Å². The molecule has 0 aromatic rings. The van der Waals surface area contributed by atoms with Crippen LogP contribution < -0.4 is 0 Å². The molecule has 0 bridgehead atoms. The first-order valence-corrected chi connectivity index (χ1v) is 24.8. The predicted octanol–water partition coefficient (Wildman–Crippen LogP) is 10.9. The molecule has 5 atom stereocenters. The number of hydrogen-bond donors (Lipinski definition) is 0. The fraction of sp³-hybridized carbons (Fsp3) is 1.00. The van der Waals surface area contributed by atoms with E-state index >= 15 is 0 Å². The van der Waals surface area contributed by atoms with Crippen molar-refractivity contribution in [1.29, 1.82) is 0 Å². The third-order valence-corrected chi connectivity index (χ3v) is 77.3. The minimum absolute atomic E-state index is 0.105. The molecule has 0 N–H and O–H groups in total. The van der Waals surface area contributed by atoms with Crippen molar-refractivity contribution < 1.29 is 6.51 Å². The van der Waals surface area contributed by atoms with Crippen LogP contribution in [0.2, 0.25) is 42.8 Å². The summed E-state index contributed by atoms with van der Waals surface area (Å²) in [6, 6.07) is 0. The van der Waals surface area contributed by atoms with Crippen LogP contribution in [0, 0.1) is 0 Å². The van der Waals surface area contributed by atoms with Gasteiger partial charge in [0.2, 0.25) is 0 Å². The zero-order valence-electron chi connectivity index (χ0n) is 22.8. The first-order chi connectivity index (χ1) is 15.9. The Balaban J connectivity index is 1.12. The average Bonchev–Trinajstić information content (AvgIpc) is 3.73. The molecule has 3 heteroatoms. The number of fused-ring (bicyclic) bond motifs is 10. The Morgan fingerprint density at radius 1 is 0.618 bits per heavy atom. The van der Waals surface area contributed by atoms with E-state index in [1.54, 1.807) is 64.2 Å². The molecule has 192 valence electrons. The van der Waals surface area contributed by atoms with Crippen molar-refractivity contribution in [2.45, 2.75) is 174 Å². The van der Waals surface area contributed by atoms with Gasteiger partial charge < -0.3 is 0 Å². The maximum absolute atomic E-state index is 3.37. The van der Waals surface area contributed by atoms with Gasteiger partial charge in [0, 0.05) is 0 Å². The van der Waals surface area contributed by atoms with Crippen LogP contribution in [0.25, 0.3) is 0 Å². The van der Waals surface area contributed by atoms with Crippen molar-refractivity contribution in [3.8, 4) is 0 Å². The summed E-state index contributed by atoms with van der Waals surface area (Å²) < 4.78 is 2.28. The van der Waals surface area contributed by atoms with Gasteiger partial charge in [0.05, 0.1) is 0 Å². The topological polar surface area (TPSA) is 0 Å². The van der Waals surface area contributed by atoms with Crippen molar-refractivity contribution in [2.24, 2.45) is 0 Å². The first-order valence-electron chi connectivity index (χ1n) is 15.6. The van der Waals surface area contributed by atoms with E-state index in [2.05, 4.69) is 41.5 Å². The fourth-order valence-electron chi connectivity index (χ4n) is 23.3. The molecule has 12 aliphatic rings. The second kappa shape index (κ2) is 2.78. The second-order valence-electron chi connectivity index (χ2n) is 19.8. The molecular formula is C31H50FeP2. The Morgan fingerprint density at radius 2 is 1.06 bits per heavy atom. The summed E-state index contributed by atoms with van der Waals surface area (Å²) in [7, 11) is 0.450. The van der Waals surface area contributed by atoms with Crippen LogP contribution in [0.3, 0.4) is 0 Å². The molecule has 0 amide bonds. The zero-order valence-corrected chi connectivity index (χ0v) is 25.7. The van der Waals surface area contributed by atoms with Gasteiger partial charge in [-0.25, -0.2) is 0 Å². The van der Waals surface area contributed by atoms with Gasteiger partial charge in [0.1, 0.15) is 0 Å². The molecule has 12 rings (SSSR count). The molecule has 10 heterocycles. The van der Waals surface area contributed by atoms with E-state index in [0.717, 1.165) is 4.31 Å². The van der Waals surface area contributed by atoms with Gasteiger partial charge in [-0.15, -0.1) is 0 Å². The summed E-state index contributed by atoms with van der Waals surface area (Å²) in [5.74, 6) is 0. The second-order valence-corrected chi connectivity index (χ2v) is 50.3. The fourth-order valence-corrected chi connectivity index (χ4v) is 124. The van der Waals surface area contributed by atoms with Crippen LogP contribution in [0.5, 0.6) is 0 Å². The van der Waals surface area contributed by atoms with E-state index in [1.165, 1.54) is 53.9 Å². The quantitative estimate of drug-likeness (QED) is 0.240.